The molecule has 0 saturated carbocycles. The summed E-state index contributed by atoms with van der Waals surface area (Å²) in [5.74, 6) is -2.34. The topological polar surface area (TPSA) is 99.8 Å². The van der Waals surface area contributed by atoms with E-state index in [0.29, 0.717) is 28.0 Å². The molecule has 28 heavy (non-hydrogen) atoms. The quantitative estimate of drug-likeness (QED) is 0.317. The molecule has 0 radical (unpaired) electrons. The third-order valence-electron chi connectivity index (χ3n) is 4.28. The van der Waals surface area contributed by atoms with Gasteiger partial charge in [-0.05, 0) is 42.5 Å². The van der Waals surface area contributed by atoms with Gasteiger partial charge in [-0.3, -0.25) is 5.10 Å². The molecule has 2 heterocycles. The second-order valence-electron chi connectivity index (χ2n) is 6.11. The Morgan fingerprint density at radius 1 is 1.07 bits per heavy atom. The summed E-state index contributed by atoms with van der Waals surface area (Å²) in [7, 11) is 0. The van der Waals surface area contributed by atoms with E-state index in [1.165, 1.54) is 18.3 Å². The lowest BCUT2D eigenvalue weighted by Gasteiger charge is -2.16. The molecule has 0 amide bonds. The van der Waals surface area contributed by atoms with Crippen molar-refractivity contribution in [1.82, 2.24) is 15.2 Å². The van der Waals surface area contributed by atoms with Gasteiger partial charge < -0.3 is 16.2 Å². The first kappa shape index (κ1) is 17.8. The summed E-state index contributed by atoms with van der Waals surface area (Å²) in [4.78, 5) is 4.15. The van der Waals surface area contributed by atoms with Gasteiger partial charge in [0.1, 0.15) is 11.6 Å². The Labute approximate surface area is 156 Å². The second kappa shape index (κ2) is 6.86. The smallest absolute Gasteiger partial charge is 0.181 e. The number of nitrogen functional groups attached to an aromatic ring is 1. The molecule has 0 bridgehead atoms. The van der Waals surface area contributed by atoms with Crippen LogP contribution in [0.1, 0.15) is 11.8 Å². The Hall–Kier alpha value is -3.59. The zero-order valence-electron chi connectivity index (χ0n) is 14.2. The van der Waals surface area contributed by atoms with Crippen LogP contribution < -0.4 is 11.1 Å². The monoisotopic (exact) mass is 385 g/mol. The SMILES string of the molecule is Nc1ccc(F)c(C(O)Nc2cnc3n[nH]c(-c4ccc(F)cc4)c3c2)c1F. The zero-order valence-corrected chi connectivity index (χ0v) is 14.2. The predicted octanol–water partition coefficient (Wildman–Crippen LogP) is 3.73. The van der Waals surface area contributed by atoms with Crippen molar-refractivity contribution in [1.29, 1.82) is 0 Å². The van der Waals surface area contributed by atoms with Gasteiger partial charge in [-0.25, -0.2) is 18.2 Å². The molecule has 2 aromatic carbocycles. The number of fused-ring (bicyclic) bond motifs is 1. The Morgan fingerprint density at radius 3 is 2.57 bits per heavy atom. The van der Waals surface area contributed by atoms with Crippen LogP contribution in [0, 0.1) is 17.5 Å². The molecular weight excluding hydrogens is 371 g/mol. The molecule has 0 saturated heterocycles. The van der Waals surface area contributed by atoms with Gasteiger partial charge in [0, 0.05) is 10.9 Å². The van der Waals surface area contributed by atoms with E-state index in [4.69, 9.17) is 5.73 Å². The van der Waals surface area contributed by atoms with Crippen molar-refractivity contribution >= 4 is 22.4 Å². The average molecular weight is 385 g/mol. The van der Waals surface area contributed by atoms with Crippen molar-refractivity contribution < 1.29 is 18.3 Å². The maximum atomic E-state index is 14.1. The fraction of sp³-hybridized carbons (Fsp3) is 0.0526. The number of halogens is 3. The molecule has 4 rings (SSSR count). The van der Waals surface area contributed by atoms with Crippen LogP contribution in [-0.2, 0) is 0 Å². The minimum atomic E-state index is -1.69. The molecule has 142 valence electrons. The number of aromatic nitrogens is 3. The van der Waals surface area contributed by atoms with Crippen molar-refractivity contribution in [2.45, 2.75) is 6.23 Å². The number of aliphatic hydroxyl groups excluding tert-OH is 1. The zero-order chi connectivity index (χ0) is 19.8. The fourth-order valence-corrected chi connectivity index (χ4v) is 2.88. The van der Waals surface area contributed by atoms with Crippen LogP contribution in [-0.4, -0.2) is 20.3 Å². The Kier molecular flexibility index (Phi) is 4.36. The molecule has 0 aliphatic heterocycles. The summed E-state index contributed by atoms with van der Waals surface area (Å²) in [5.41, 5.74) is 6.52. The Morgan fingerprint density at radius 2 is 1.82 bits per heavy atom. The van der Waals surface area contributed by atoms with Gasteiger partial charge in [0.25, 0.3) is 0 Å². The van der Waals surface area contributed by atoms with E-state index < -0.39 is 23.4 Å². The number of nitrogens with two attached hydrogens (primary N) is 1. The number of nitrogens with one attached hydrogen (secondary N) is 2. The summed E-state index contributed by atoms with van der Waals surface area (Å²) < 4.78 is 41.2. The highest BCUT2D eigenvalue weighted by Gasteiger charge is 2.20. The first-order chi connectivity index (χ1) is 13.4. The predicted molar refractivity (Wildman–Crippen MR) is 98.6 cm³/mol. The number of aromatic amines is 1. The number of H-pyrrole nitrogens is 1. The molecule has 0 spiro atoms. The highest BCUT2D eigenvalue weighted by Crippen LogP contribution is 2.30. The van der Waals surface area contributed by atoms with Gasteiger partial charge in [0.2, 0.25) is 0 Å². The van der Waals surface area contributed by atoms with Crippen molar-refractivity contribution in [3.63, 3.8) is 0 Å². The van der Waals surface area contributed by atoms with Crippen molar-refractivity contribution in [2.24, 2.45) is 0 Å². The van der Waals surface area contributed by atoms with Gasteiger partial charge in [0.15, 0.2) is 17.7 Å². The minimum Gasteiger partial charge on any atom is -0.396 e. The lowest BCUT2D eigenvalue weighted by atomic mass is 10.1. The van der Waals surface area contributed by atoms with Crippen molar-refractivity contribution in [3.05, 3.63) is 71.7 Å². The third kappa shape index (κ3) is 3.12. The normalized spacial score (nSPS) is 12.3. The van der Waals surface area contributed by atoms with Crippen LogP contribution in [0.15, 0.2) is 48.7 Å². The molecule has 0 fully saturated rings. The molecule has 0 aliphatic rings. The van der Waals surface area contributed by atoms with Crippen LogP contribution in [0.3, 0.4) is 0 Å². The first-order valence-corrected chi connectivity index (χ1v) is 8.22. The number of hydrogen-bond acceptors (Lipinski definition) is 5. The molecule has 1 atom stereocenters. The standard InChI is InChI=1S/C19H14F3N5O/c20-10-3-1-9(2-4-10)17-12-7-11(8-24-18(12)27-26-17)25-19(28)15-13(21)5-6-14(23)16(15)22/h1-8,19,25,28H,23H2,(H,24,26,27). The molecule has 2 aromatic heterocycles. The first-order valence-electron chi connectivity index (χ1n) is 8.22. The molecule has 1 unspecified atom stereocenters. The van der Waals surface area contributed by atoms with E-state index in [9.17, 15) is 18.3 Å². The summed E-state index contributed by atoms with van der Waals surface area (Å²) in [6, 6.07) is 9.44. The van der Waals surface area contributed by atoms with Crippen LogP contribution in [0.25, 0.3) is 22.3 Å². The number of aliphatic hydroxyl groups is 1. The minimum absolute atomic E-state index is 0.278. The molecule has 6 nitrogen and oxygen atoms in total. The van der Waals surface area contributed by atoms with E-state index in [1.807, 2.05) is 0 Å². The molecule has 4 aromatic rings. The van der Waals surface area contributed by atoms with E-state index in [0.717, 1.165) is 12.1 Å². The van der Waals surface area contributed by atoms with E-state index >= 15 is 0 Å². The Balaban J connectivity index is 1.69. The van der Waals surface area contributed by atoms with Gasteiger partial charge in [-0.1, -0.05) is 0 Å². The third-order valence-corrected chi connectivity index (χ3v) is 4.28. The van der Waals surface area contributed by atoms with Crippen molar-refractivity contribution in [3.8, 4) is 11.3 Å². The van der Waals surface area contributed by atoms with Gasteiger partial charge in [0.05, 0.1) is 28.8 Å². The largest absolute Gasteiger partial charge is 0.396 e. The van der Waals surface area contributed by atoms with Gasteiger partial charge in [-0.2, -0.15) is 5.10 Å². The second-order valence-corrected chi connectivity index (χ2v) is 6.11. The summed E-state index contributed by atoms with van der Waals surface area (Å²) >= 11 is 0. The highest BCUT2D eigenvalue weighted by molar-refractivity contribution is 5.92. The van der Waals surface area contributed by atoms with Crippen LogP contribution >= 0.6 is 0 Å². The van der Waals surface area contributed by atoms with E-state index in [2.05, 4.69) is 20.5 Å². The molecule has 5 N–H and O–H groups in total. The highest BCUT2D eigenvalue weighted by atomic mass is 19.1. The number of nitrogens with zero attached hydrogens (tertiary/aromatic N) is 2. The summed E-state index contributed by atoms with van der Waals surface area (Å²) in [6.45, 7) is 0. The lowest BCUT2D eigenvalue weighted by molar-refractivity contribution is 0.197. The Bertz CT molecular complexity index is 1160. The summed E-state index contributed by atoms with van der Waals surface area (Å²) in [6.07, 6.45) is -0.327. The fourth-order valence-electron chi connectivity index (χ4n) is 2.88. The van der Waals surface area contributed by atoms with Crippen LogP contribution in [0.4, 0.5) is 24.5 Å². The summed E-state index contributed by atoms with van der Waals surface area (Å²) in [5, 5.41) is 20.3. The molecular formula is C19H14F3N5O. The maximum absolute atomic E-state index is 14.1. The van der Waals surface area contributed by atoms with E-state index in [1.54, 1.807) is 18.2 Å². The number of hydrogen-bond donors (Lipinski definition) is 4. The number of rotatable bonds is 4. The molecule has 9 heteroatoms. The number of pyridine rings is 1. The average Bonchev–Trinajstić information content (AvgIpc) is 3.09. The van der Waals surface area contributed by atoms with Crippen LogP contribution in [0.5, 0.6) is 0 Å². The van der Waals surface area contributed by atoms with Crippen molar-refractivity contribution in [2.75, 3.05) is 11.1 Å². The number of anilines is 2. The van der Waals surface area contributed by atoms with E-state index in [-0.39, 0.29) is 11.5 Å². The van der Waals surface area contributed by atoms with Gasteiger partial charge >= 0.3 is 0 Å². The lowest BCUT2D eigenvalue weighted by Crippen LogP contribution is -2.14. The maximum Gasteiger partial charge on any atom is 0.181 e. The molecule has 0 aliphatic carbocycles. The van der Waals surface area contributed by atoms with Crippen LogP contribution in [0.2, 0.25) is 0 Å². The number of benzene rings is 2. The van der Waals surface area contributed by atoms with Gasteiger partial charge in [-0.15, -0.1) is 0 Å².